The van der Waals surface area contributed by atoms with Gasteiger partial charge in [-0.2, -0.15) is 0 Å². The average molecular weight is 293 g/mol. The van der Waals surface area contributed by atoms with Gasteiger partial charge in [-0.15, -0.1) is 0 Å². The molecule has 4 nitrogen and oxygen atoms in total. The van der Waals surface area contributed by atoms with Crippen molar-refractivity contribution in [3.8, 4) is 11.5 Å². The number of hydrogen-bond acceptors (Lipinski definition) is 4. The van der Waals surface area contributed by atoms with Crippen molar-refractivity contribution in [2.45, 2.75) is 51.7 Å². The predicted molar refractivity (Wildman–Crippen MR) is 83.9 cm³/mol. The van der Waals surface area contributed by atoms with Gasteiger partial charge >= 0.3 is 0 Å². The van der Waals surface area contributed by atoms with Crippen molar-refractivity contribution in [3.05, 3.63) is 23.8 Å². The van der Waals surface area contributed by atoms with Gasteiger partial charge in [0.2, 0.25) is 0 Å². The molecule has 0 aromatic heterocycles. The molecule has 21 heavy (non-hydrogen) atoms. The van der Waals surface area contributed by atoms with Crippen LogP contribution < -0.4 is 15.2 Å². The fourth-order valence-corrected chi connectivity index (χ4v) is 2.71. The third-order valence-electron chi connectivity index (χ3n) is 3.79. The highest BCUT2D eigenvalue weighted by Gasteiger charge is 2.19. The van der Waals surface area contributed by atoms with Gasteiger partial charge in [0.15, 0.2) is 11.5 Å². The molecule has 2 unspecified atom stereocenters. The zero-order chi connectivity index (χ0) is 15.1. The molecule has 1 saturated heterocycles. The first-order valence-corrected chi connectivity index (χ1v) is 8.01. The molecular weight excluding hydrogens is 266 g/mol. The quantitative estimate of drug-likeness (QED) is 0.836. The Morgan fingerprint density at radius 2 is 1.95 bits per heavy atom. The van der Waals surface area contributed by atoms with Crippen LogP contribution in [-0.4, -0.2) is 25.9 Å². The molecule has 0 amide bonds. The lowest BCUT2D eigenvalue weighted by atomic mass is 9.97. The minimum Gasteiger partial charge on any atom is -0.490 e. The molecule has 2 atom stereocenters. The van der Waals surface area contributed by atoms with Crippen molar-refractivity contribution in [1.82, 2.24) is 0 Å². The normalized spacial score (nSPS) is 20.0. The third-order valence-corrected chi connectivity index (χ3v) is 3.79. The lowest BCUT2D eigenvalue weighted by molar-refractivity contribution is 0.00728. The van der Waals surface area contributed by atoms with Crippen LogP contribution in [0.15, 0.2) is 18.2 Å². The van der Waals surface area contributed by atoms with E-state index in [4.69, 9.17) is 19.9 Å². The van der Waals surface area contributed by atoms with E-state index >= 15 is 0 Å². The van der Waals surface area contributed by atoms with Crippen LogP contribution in [0.1, 0.15) is 51.1 Å². The Labute approximate surface area is 127 Å². The van der Waals surface area contributed by atoms with Crippen LogP contribution in [-0.2, 0) is 4.74 Å². The molecule has 0 spiro atoms. The topological polar surface area (TPSA) is 53.7 Å². The molecule has 1 aliphatic heterocycles. The molecule has 1 fully saturated rings. The van der Waals surface area contributed by atoms with E-state index in [2.05, 4.69) is 0 Å². The Kier molecular flexibility index (Phi) is 6.33. The Hall–Kier alpha value is -1.26. The zero-order valence-electron chi connectivity index (χ0n) is 13.1. The summed E-state index contributed by atoms with van der Waals surface area (Å²) >= 11 is 0. The summed E-state index contributed by atoms with van der Waals surface area (Å²) in [6, 6.07) is 5.96. The van der Waals surface area contributed by atoms with E-state index in [-0.39, 0.29) is 12.1 Å². The number of hydrogen-bond donors (Lipinski definition) is 1. The number of rotatable bonds is 7. The molecule has 4 heteroatoms. The predicted octanol–water partition coefficient (Wildman–Crippen LogP) is 3.44. The fraction of sp³-hybridized carbons (Fsp3) is 0.647. The van der Waals surface area contributed by atoms with Crippen molar-refractivity contribution >= 4 is 0 Å². The Balaban J connectivity index is 2.05. The molecule has 2 rings (SSSR count). The summed E-state index contributed by atoms with van der Waals surface area (Å²) < 4.78 is 17.0. The van der Waals surface area contributed by atoms with Crippen molar-refractivity contribution in [3.63, 3.8) is 0 Å². The second-order valence-electron chi connectivity index (χ2n) is 5.40. The van der Waals surface area contributed by atoms with Crippen molar-refractivity contribution in [2.75, 3.05) is 19.8 Å². The van der Waals surface area contributed by atoms with Crippen LogP contribution in [0.25, 0.3) is 0 Å². The average Bonchev–Trinajstić information content (AvgIpc) is 2.50. The highest BCUT2D eigenvalue weighted by molar-refractivity contribution is 5.43. The smallest absolute Gasteiger partial charge is 0.161 e. The molecule has 0 radical (unpaired) electrons. The van der Waals surface area contributed by atoms with Gasteiger partial charge in [-0.05, 0) is 57.2 Å². The van der Waals surface area contributed by atoms with E-state index < -0.39 is 0 Å². The van der Waals surface area contributed by atoms with Crippen LogP contribution in [0.5, 0.6) is 11.5 Å². The first kappa shape index (κ1) is 16.1. The lowest BCUT2D eigenvalue weighted by Crippen LogP contribution is -2.24. The number of nitrogens with two attached hydrogens (primary N) is 1. The molecule has 2 N–H and O–H groups in total. The summed E-state index contributed by atoms with van der Waals surface area (Å²) in [5, 5.41) is 0. The number of benzene rings is 1. The van der Waals surface area contributed by atoms with E-state index in [9.17, 15) is 0 Å². The van der Waals surface area contributed by atoms with Gasteiger partial charge in [-0.1, -0.05) is 6.07 Å². The van der Waals surface area contributed by atoms with E-state index in [1.54, 1.807) is 0 Å². The van der Waals surface area contributed by atoms with Gasteiger partial charge in [-0.25, -0.2) is 0 Å². The van der Waals surface area contributed by atoms with Crippen LogP contribution >= 0.6 is 0 Å². The molecule has 1 aromatic rings. The second-order valence-corrected chi connectivity index (χ2v) is 5.40. The molecule has 118 valence electrons. The number of ether oxygens (including phenoxy) is 3. The Morgan fingerprint density at radius 1 is 1.19 bits per heavy atom. The SMILES string of the molecule is CCOc1ccc(C(N)CC2CCCCO2)cc1OCC. The van der Waals surface area contributed by atoms with Crippen LogP contribution in [0, 0.1) is 0 Å². The van der Waals surface area contributed by atoms with Crippen LogP contribution in [0.3, 0.4) is 0 Å². The Bertz CT molecular complexity index is 430. The second kappa shape index (κ2) is 8.25. The maximum atomic E-state index is 6.34. The van der Waals surface area contributed by atoms with Gasteiger partial charge in [0, 0.05) is 12.6 Å². The minimum atomic E-state index is -0.0250. The maximum absolute atomic E-state index is 6.34. The van der Waals surface area contributed by atoms with Crippen LogP contribution in [0.4, 0.5) is 0 Å². The highest BCUT2D eigenvalue weighted by atomic mass is 16.5. The third kappa shape index (κ3) is 4.61. The molecule has 0 bridgehead atoms. The van der Waals surface area contributed by atoms with E-state index in [1.807, 2.05) is 32.0 Å². The van der Waals surface area contributed by atoms with Gasteiger partial charge in [-0.3, -0.25) is 0 Å². The summed E-state index contributed by atoms with van der Waals surface area (Å²) in [5.41, 5.74) is 7.42. The summed E-state index contributed by atoms with van der Waals surface area (Å²) in [6.45, 7) is 6.05. The van der Waals surface area contributed by atoms with Crippen LogP contribution in [0.2, 0.25) is 0 Å². The maximum Gasteiger partial charge on any atom is 0.161 e. The van der Waals surface area contributed by atoms with Gasteiger partial charge in [0.05, 0.1) is 19.3 Å². The van der Waals surface area contributed by atoms with Gasteiger partial charge in [0.1, 0.15) is 0 Å². The van der Waals surface area contributed by atoms with E-state index in [1.165, 1.54) is 12.8 Å². The molecule has 1 heterocycles. The first-order valence-electron chi connectivity index (χ1n) is 8.01. The van der Waals surface area contributed by atoms with Gasteiger partial charge < -0.3 is 19.9 Å². The molecular formula is C17H27NO3. The van der Waals surface area contributed by atoms with Crippen molar-refractivity contribution < 1.29 is 14.2 Å². The largest absolute Gasteiger partial charge is 0.490 e. The zero-order valence-corrected chi connectivity index (χ0v) is 13.1. The summed E-state index contributed by atoms with van der Waals surface area (Å²) in [5.74, 6) is 1.56. The first-order chi connectivity index (χ1) is 10.2. The lowest BCUT2D eigenvalue weighted by Gasteiger charge is -2.25. The standard InChI is InChI=1S/C17H27NO3/c1-3-19-16-9-8-13(11-17(16)20-4-2)15(18)12-14-7-5-6-10-21-14/h8-9,11,14-15H,3-7,10,12,18H2,1-2H3. The molecule has 0 aliphatic carbocycles. The Morgan fingerprint density at radius 3 is 2.62 bits per heavy atom. The van der Waals surface area contributed by atoms with Crippen molar-refractivity contribution in [1.29, 1.82) is 0 Å². The monoisotopic (exact) mass is 293 g/mol. The summed E-state index contributed by atoms with van der Waals surface area (Å²) in [4.78, 5) is 0. The molecule has 0 saturated carbocycles. The molecule has 1 aromatic carbocycles. The summed E-state index contributed by atoms with van der Waals surface area (Å²) in [7, 11) is 0. The summed E-state index contributed by atoms with van der Waals surface area (Å²) in [6.07, 6.45) is 4.67. The fourth-order valence-electron chi connectivity index (χ4n) is 2.71. The van der Waals surface area contributed by atoms with Gasteiger partial charge in [0.25, 0.3) is 0 Å². The van der Waals surface area contributed by atoms with E-state index in [0.29, 0.717) is 13.2 Å². The molecule has 1 aliphatic rings. The highest BCUT2D eigenvalue weighted by Crippen LogP contribution is 2.32. The van der Waals surface area contributed by atoms with E-state index in [0.717, 1.165) is 36.5 Å². The van der Waals surface area contributed by atoms with Crippen molar-refractivity contribution in [2.24, 2.45) is 5.73 Å². The minimum absolute atomic E-state index is 0.0250.